The van der Waals surface area contributed by atoms with Crippen LogP contribution in [0.1, 0.15) is 27.7 Å². The molecule has 13 heavy (non-hydrogen) atoms. The number of nitrogens with zero attached hydrogens (tertiary/aromatic N) is 1. The Bertz CT molecular complexity index is 217. The molecule has 0 aliphatic carbocycles. The lowest BCUT2D eigenvalue weighted by Gasteiger charge is -2.15. The van der Waals surface area contributed by atoms with E-state index in [4.69, 9.17) is 4.74 Å². The van der Waals surface area contributed by atoms with Gasteiger partial charge in [0.05, 0.1) is 6.10 Å². The van der Waals surface area contributed by atoms with Crippen molar-refractivity contribution in [3.05, 3.63) is 0 Å². The summed E-state index contributed by atoms with van der Waals surface area (Å²) in [5.41, 5.74) is 0. The van der Waals surface area contributed by atoms with Gasteiger partial charge >= 0.3 is 5.97 Å². The van der Waals surface area contributed by atoms with Crippen LogP contribution in [0.25, 0.3) is 0 Å². The zero-order chi connectivity index (χ0) is 10.4. The van der Waals surface area contributed by atoms with Gasteiger partial charge in [-0.25, -0.2) is 9.59 Å². The molecule has 0 saturated heterocycles. The van der Waals surface area contributed by atoms with Crippen molar-refractivity contribution in [3.63, 3.8) is 0 Å². The van der Waals surface area contributed by atoms with Crippen molar-refractivity contribution >= 4 is 12.0 Å². The van der Waals surface area contributed by atoms with E-state index >= 15 is 0 Å². The van der Waals surface area contributed by atoms with Crippen LogP contribution >= 0.6 is 0 Å². The van der Waals surface area contributed by atoms with Crippen molar-refractivity contribution < 1.29 is 14.3 Å². The van der Waals surface area contributed by atoms with Crippen LogP contribution in [0.2, 0.25) is 0 Å². The molecule has 0 spiro atoms. The van der Waals surface area contributed by atoms with Crippen molar-refractivity contribution in [2.24, 2.45) is 10.9 Å². The van der Waals surface area contributed by atoms with Gasteiger partial charge < -0.3 is 4.74 Å². The summed E-state index contributed by atoms with van der Waals surface area (Å²) in [7, 11) is 0. The van der Waals surface area contributed by atoms with E-state index in [1.54, 1.807) is 27.7 Å². The number of ether oxygens (including phenoxy) is 1. The monoisotopic (exact) mass is 185 g/mol. The highest BCUT2D eigenvalue weighted by atomic mass is 16.5. The molecular weight excluding hydrogens is 170 g/mol. The highest BCUT2D eigenvalue weighted by Crippen LogP contribution is 2.08. The molecular formula is C9H15NO3. The van der Waals surface area contributed by atoms with Crippen molar-refractivity contribution in [3.8, 4) is 0 Å². The van der Waals surface area contributed by atoms with Gasteiger partial charge in [-0.1, -0.05) is 13.8 Å². The number of rotatable bonds is 4. The van der Waals surface area contributed by atoms with Gasteiger partial charge in [0, 0.05) is 0 Å². The first-order valence-corrected chi connectivity index (χ1v) is 4.26. The number of hydrogen-bond donors (Lipinski definition) is 0. The lowest BCUT2D eigenvalue weighted by atomic mass is 10.1. The smallest absolute Gasteiger partial charge is 0.332 e. The molecule has 0 heterocycles. The molecule has 0 aromatic carbocycles. The minimum atomic E-state index is -0.722. The van der Waals surface area contributed by atoms with Crippen LogP contribution in [0.5, 0.6) is 0 Å². The molecule has 0 aliphatic heterocycles. The Morgan fingerprint density at radius 1 is 1.31 bits per heavy atom. The first kappa shape index (κ1) is 11.8. The number of carbonyl (C=O) groups excluding carboxylic acids is 2. The van der Waals surface area contributed by atoms with E-state index in [1.165, 1.54) is 6.08 Å². The normalized spacial score (nSPS) is 12.5. The fourth-order valence-corrected chi connectivity index (χ4v) is 0.833. The first-order valence-electron chi connectivity index (χ1n) is 4.26. The summed E-state index contributed by atoms with van der Waals surface area (Å²) in [5, 5.41) is 0. The maximum Gasteiger partial charge on any atom is 0.332 e. The highest BCUT2D eigenvalue weighted by Gasteiger charge is 2.23. The molecule has 0 radical (unpaired) electrons. The van der Waals surface area contributed by atoms with Crippen LogP contribution in [0, 0.1) is 5.92 Å². The Labute approximate surface area is 78.0 Å². The molecule has 0 bridgehead atoms. The average molecular weight is 185 g/mol. The molecule has 0 saturated carbocycles. The first-order chi connectivity index (χ1) is 5.99. The third-order valence-corrected chi connectivity index (χ3v) is 1.42. The summed E-state index contributed by atoms with van der Waals surface area (Å²) < 4.78 is 4.91. The Morgan fingerprint density at radius 3 is 2.15 bits per heavy atom. The topological polar surface area (TPSA) is 55.7 Å². The standard InChI is InChI=1S/C9H15NO3/c1-6(2)8(10-5-11)9(12)13-7(3)4/h6-8H,1-4H3/t8-/m0/s1. The zero-order valence-electron chi connectivity index (χ0n) is 8.40. The number of carbonyl (C=O) groups is 1. The predicted octanol–water partition coefficient (Wildman–Crippen LogP) is 1.30. The maximum atomic E-state index is 11.3. The molecule has 0 aliphatic rings. The van der Waals surface area contributed by atoms with Crippen LogP contribution in [0.3, 0.4) is 0 Å². The van der Waals surface area contributed by atoms with Crippen molar-refractivity contribution in [1.82, 2.24) is 0 Å². The second-order valence-corrected chi connectivity index (χ2v) is 3.39. The van der Waals surface area contributed by atoms with Crippen LogP contribution in [-0.2, 0) is 14.3 Å². The van der Waals surface area contributed by atoms with E-state index in [9.17, 15) is 9.59 Å². The molecule has 4 nitrogen and oxygen atoms in total. The fraction of sp³-hybridized carbons (Fsp3) is 0.778. The summed E-state index contributed by atoms with van der Waals surface area (Å²) in [6.07, 6.45) is 1.19. The van der Waals surface area contributed by atoms with Gasteiger partial charge in [-0.2, -0.15) is 4.99 Å². The van der Waals surface area contributed by atoms with E-state index in [-0.39, 0.29) is 12.0 Å². The van der Waals surface area contributed by atoms with Gasteiger partial charge in [0.15, 0.2) is 6.04 Å². The summed E-state index contributed by atoms with van der Waals surface area (Å²) in [4.78, 5) is 24.7. The minimum absolute atomic E-state index is 0.0484. The summed E-state index contributed by atoms with van der Waals surface area (Å²) >= 11 is 0. The molecule has 0 amide bonds. The Kier molecular flexibility index (Phi) is 5.00. The van der Waals surface area contributed by atoms with Gasteiger partial charge in [-0.3, -0.25) is 0 Å². The molecule has 0 aromatic heterocycles. The van der Waals surface area contributed by atoms with Crippen LogP contribution in [0.15, 0.2) is 4.99 Å². The van der Waals surface area contributed by atoms with Gasteiger partial charge in [0.1, 0.15) is 0 Å². The maximum absolute atomic E-state index is 11.3. The Hall–Kier alpha value is -1.15. The van der Waals surface area contributed by atoms with Gasteiger partial charge in [-0.05, 0) is 19.8 Å². The van der Waals surface area contributed by atoms with E-state index in [0.29, 0.717) is 0 Å². The van der Waals surface area contributed by atoms with Crippen molar-refractivity contribution in [1.29, 1.82) is 0 Å². The summed E-state index contributed by atoms with van der Waals surface area (Å²) in [5.74, 6) is -0.513. The van der Waals surface area contributed by atoms with Gasteiger partial charge in [0.2, 0.25) is 6.08 Å². The van der Waals surface area contributed by atoms with Crippen LogP contribution in [0.4, 0.5) is 0 Å². The van der Waals surface area contributed by atoms with E-state index in [1.807, 2.05) is 0 Å². The second kappa shape index (κ2) is 5.49. The van der Waals surface area contributed by atoms with Gasteiger partial charge in [0.25, 0.3) is 0 Å². The SMILES string of the molecule is CC(C)OC(=O)[C@@H](N=C=O)C(C)C. The number of esters is 1. The molecule has 4 heteroatoms. The predicted molar refractivity (Wildman–Crippen MR) is 48.0 cm³/mol. The van der Waals surface area contributed by atoms with Crippen LogP contribution < -0.4 is 0 Å². The third-order valence-electron chi connectivity index (χ3n) is 1.42. The minimum Gasteiger partial charge on any atom is -0.461 e. The number of aliphatic imine (C=N–C) groups is 1. The summed E-state index contributed by atoms with van der Waals surface area (Å²) in [6, 6.07) is -0.722. The molecule has 0 aromatic rings. The van der Waals surface area contributed by atoms with E-state index in [0.717, 1.165) is 0 Å². The fourth-order valence-electron chi connectivity index (χ4n) is 0.833. The third kappa shape index (κ3) is 4.43. The van der Waals surface area contributed by atoms with Gasteiger partial charge in [-0.15, -0.1) is 0 Å². The van der Waals surface area contributed by atoms with Crippen molar-refractivity contribution in [2.45, 2.75) is 39.8 Å². The Morgan fingerprint density at radius 2 is 1.85 bits per heavy atom. The summed E-state index contributed by atoms with van der Waals surface area (Å²) in [6.45, 7) is 7.10. The lowest BCUT2D eigenvalue weighted by Crippen LogP contribution is -2.28. The Balaban J connectivity index is 4.37. The molecule has 74 valence electrons. The number of isocyanates is 1. The molecule has 0 rings (SSSR count). The quantitative estimate of drug-likeness (QED) is 0.377. The molecule has 0 N–H and O–H groups in total. The lowest BCUT2D eigenvalue weighted by molar-refractivity contribution is -0.149. The molecule has 0 fully saturated rings. The van der Waals surface area contributed by atoms with Crippen molar-refractivity contribution in [2.75, 3.05) is 0 Å². The zero-order valence-corrected chi connectivity index (χ0v) is 8.40. The van der Waals surface area contributed by atoms with E-state index < -0.39 is 12.0 Å². The van der Waals surface area contributed by atoms with Crippen LogP contribution in [-0.4, -0.2) is 24.2 Å². The molecule has 0 unspecified atom stereocenters. The van der Waals surface area contributed by atoms with E-state index in [2.05, 4.69) is 4.99 Å². The largest absolute Gasteiger partial charge is 0.461 e. The number of hydrogen-bond acceptors (Lipinski definition) is 4. The highest BCUT2D eigenvalue weighted by molar-refractivity contribution is 5.77. The molecule has 1 atom stereocenters. The second-order valence-electron chi connectivity index (χ2n) is 3.39. The average Bonchev–Trinajstić information content (AvgIpc) is 1.97.